The molecule has 0 atom stereocenters. The summed E-state index contributed by atoms with van der Waals surface area (Å²) in [4.78, 5) is 7.31. The molecular weight excluding hydrogens is 625 g/mol. The SMILES string of the molecule is c1ccc(-c2nc3c(-c4ccc(N(c5ccccc5-c5ccc6ccccc6c5)c5cccc6oc7ccccc7c56)cc4)cccc3o2)cc1. The summed E-state index contributed by atoms with van der Waals surface area (Å²) < 4.78 is 12.6. The van der Waals surface area contributed by atoms with Crippen LogP contribution in [0.5, 0.6) is 0 Å². The number of rotatable bonds is 6. The molecule has 2 heterocycles. The Hall–Kier alpha value is -6.91. The second-order valence-corrected chi connectivity index (χ2v) is 12.7. The van der Waals surface area contributed by atoms with E-state index in [0.717, 1.165) is 77.9 Å². The third-order valence-electron chi connectivity index (χ3n) is 9.70. The quantitative estimate of drug-likeness (QED) is 0.179. The first-order chi connectivity index (χ1) is 25.3. The van der Waals surface area contributed by atoms with Crippen molar-refractivity contribution in [2.75, 3.05) is 4.90 Å². The number of anilines is 3. The maximum absolute atomic E-state index is 6.39. The molecule has 0 bridgehead atoms. The van der Waals surface area contributed by atoms with Crippen molar-refractivity contribution in [1.29, 1.82) is 0 Å². The average molecular weight is 655 g/mol. The van der Waals surface area contributed by atoms with E-state index in [-0.39, 0.29) is 0 Å². The predicted octanol–water partition coefficient (Wildman–Crippen LogP) is 13.4. The zero-order valence-corrected chi connectivity index (χ0v) is 27.5. The summed E-state index contributed by atoms with van der Waals surface area (Å²) in [5.74, 6) is 0.617. The van der Waals surface area contributed by atoms with Gasteiger partial charge in [-0.15, -0.1) is 0 Å². The van der Waals surface area contributed by atoms with Gasteiger partial charge in [-0.25, -0.2) is 4.98 Å². The first-order valence-corrected chi connectivity index (χ1v) is 17.1. The van der Waals surface area contributed by atoms with Crippen molar-refractivity contribution in [2.45, 2.75) is 0 Å². The maximum atomic E-state index is 6.39. The zero-order valence-electron chi connectivity index (χ0n) is 27.5. The highest BCUT2D eigenvalue weighted by Crippen LogP contribution is 2.46. The number of benzene rings is 8. The maximum Gasteiger partial charge on any atom is 0.227 e. The van der Waals surface area contributed by atoms with Crippen LogP contribution in [0.3, 0.4) is 0 Å². The van der Waals surface area contributed by atoms with E-state index in [4.69, 9.17) is 13.8 Å². The molecule has 10 rings (SSSR count). The van der Waals surface area contributed by atoms with Crippen molar-refractivity contribution in [2.24, 2.45) is 0 Å². The van der Waals surface area contributed by atoms with Crippen molar-refractivity contribution in [1.82, 2.24) is 4.98 Å². The van der Waals surface area contributed by atoms with Gasteiger partial charge >= 0.3 is 0 Å². The lowest BCUT2D eigenvalue weighted by Crippen LogP contribution is -2.11. The van der Waals surface area contributed by atoms with Gasteiger partial charge in [-0.1, -0.05) is 121 Å². The summed E-state index contributed by atoms with van der Waals surface area (Å²) in [5, 5.41) is 4.59. The topological polar surface area (TPSA) is 42.4 Å². The molecule has 2 aromatic heterocycles. The van der Waals surface area contributed by atoms with Crippen molar-refractivity contribution in [3.8, 4) is 33.7 Å². The number of para-hydroxylation sites is 3. The Morgan fingerprint density at radius 1 is 0.412 bits per heavy atom. The van der Waals surface area contributed by atoms with Crippen LogP contribution in [0.1, 0.15) is 0 Å². The third kappa shape index (κ3) is 4.96. The Kier molecular flexibility index (Phi) is 6.78. The van der Waals surface area contributed by atoms with Crippen LogP contribution in [0.15, 0.2) is 191 Å². The first kappa shape index (κ1) is 29.0. The second kappa shape index (κ2) is 11.9. The molecular formula is C47H30N2O2. The number of fused-ring (bicyclic) bond motifs is 5. The highest BCUT2D eigenvalue weighted by atomic mass is 16.3. The van der Waals surface area contributed by atoms with Gasteiger partial charge in [0.2, 0.25) is 5.89 Å². The molecule has 0 aliphatic heterocycles. The minimum absolute atomic E-state index is 0.617. The van der Waals surface area contributed by atoms with E-state index in [0.29, 0.717) is 5.89 Å². The number of furan rings is 1. The predicted molar refractivity (Wildman–Crippen MR) is 210 cm³/mol. The normalized spacial score (nSPS) is 11.5. The minimum atomic E-state index is 0.617. The summed E-state index contributed by atoms with van der Waals surface area (Å²) in [6.07, 6.45) is 0. The number of aromatic nitrogens is 1. The summed E-state index contributed by atoms with van der Waals surface area (Å²) in [5.41, 5.74) is 11.8. The van der Waals surface area contributed by atoms with E-state index in [9.17, 15) is 0 Å². The molecule has 0 aliphatic carbocycles. The van der Waals surface area contributed by atoms with Crippen LogP contribution in [0.25, 0.3) is 77.5 Å². The molecule has 240 valence electrons. The lowest BCUT2D eigenvalue weighted by Gasteiger charge is -2.28. The van der Waals surface area contributed by atoms with E-state index in [1.807, 2.05) is 54.6 Å². The standard InChI is InChI=1S/C47H30N2O2/c1-2-13-33(14-3-1)47-48-46-38(18-10-23-44(46)51-47)32-26-28-36(29-27-32)49(41-20-11-22-43-45(41)39-17-7-9-21-42(39)50-43)40-19-8-6-16-37(40)35-25-24-31-12-4-5-15-34(31)30-35/h1-30H. The Labute approximate surface area is 294 Å². The van der Waals surface area contributed by atoms with Crippen molar-refractivity contribution < 1.29 is 8.83 Å². The zero-order chi connectivity index (χ0) is 33.7. The molecule has 0 amide bonds. The van der Waals surface area contributed by atoms with E-state index in [2.05, 4.69) is 132 Å². The van der Waals surface area contributed by atoms with Gasteiger partial charge in [0.25, 0.3) is 0 Å². The molecule has 51 heavy (non-hydrogen) atoms. The van der Waals surface area contributed by atoms with Gasteiger partial charge in [0.15, 0.2) is 5.58 Å². The van der Waals surface area contributed by atoms with Crippen molar-refractivity contribution >= 4 is 60.9 Å². The Balaban J connectivity index is 1.16. The number of oxazole rings is 1. The third-order valence-corrected chi connectivity index (χ3v) is 9.70. The second-order valence-electron chi connectivity index (χ2n) is 12.7. The van der Waals surface area contributed by atoms with Gasteiger partial charge in [0.05, 0.1) is 16.8 Å². The van der Waals surface area contributed by atoms with E-state index in [1.54, 1.807) is 0 Å². The smallest absolute Gasteiger partial charge is 0.227 e. The fourth-order valence-electron chi connectivity index (χ4n) is 7.30. The molecule has 0 fully saturated rings. The minimum Gasteiger partial charge on any atom is -0.456 e. The highest BCUT2D eigenvalue weighted by molar-refractivity contribution is 6.14. The molecule has 0 saturated carbocycles. The van der Waals surface area contributed by atoms with Gasteiger partial charge in [-0.3, -0.25) is 0 Å². The molecule has 4 heteroatoms. The van der Waals surface area contributed by atoms with Crippen LogP contribution in [0.4, 0.5) is 17.1 Å². The van der Waals surface area contributed by atoms with Crippen molar-refractivity contribution in [3.63, 3.8) is 0 Å². The van der Waals surface area contributed by atoms with Crippen LogP contribution in [-0.2, 0) is 0 Å². The highest BCUT2D eigenvalue weighted by Gasteiger charge is 2.22. The first-order valence-electron chi connectivity index (χ1n) is 17.1. The van der Waals surface area contributed by atoms with E-state index < -0.39 is 0 Å². The molecule has 0 unspecified atom stereocenters. The number of hydrogen-bond acceptors (Lipinski definition) is 4. The van der Waals surface area contributed by atoms with E-state index >= 15 is 0 Å². The molecule has 0 N–H and O–H groups in total. The molecule has 10 aromatic rings. The Morgan fingerprint density at radius 2 is 1.08 bits per heavy atom. The summed E-state index contributed by atoms with van der Waals surface area (Å²) in [6.45, 7) is 0. The van der Waals surface area contributed by atoms with Crippen LogP contribution >= 0.6 is 0 Å². The Morgan fingerprint density at radius 3 is 1.98 bits per heavy atom. The molecule has 0 saturated heterocycles. The molecule has 0 aliphatic rings. The van der Waals surface area contributed by atoms with Crippen LogP contribution in [-0.4, -0.2) is 4.98 Å². The van der Waals surface area contributed by atoms with Gasteiger partial charge < -0.3 is 13.7 Å². The fraction of sp³-hybridized carbons (Fsp3) is 0. The Bertz CT molecular complexity index is 2870. The van der Waals surface area contributed by atoms with Crippen molar-refractivity contribution in [3.05, 3.63) is 182 Å². The lowest BCUT2D eigenvalue weighted by molar-refractivity contribution is 0.620. The average Bonchev–Trinajstić information content (AvgIpc) is 3.81. The monoisotopic (exact) mass is 654 g/mol. The van der Waals surface area contributed by atoms with Crippen LogP contribution < -0.4 is 4.90 Å². The molecule has 0 radical (unpaired) electrons. The van der Waals surface area contributed by atoms with Gasteiger partial charge in [-0.2, -0.15) is 0 Å². The summed E-state index contributed by atoms with van der Waals surface area (Å²) in [6, 6.07) is 63.4. The van der Waals surface area contributed by atoms with Gasteiger partial charge in [0.1, 0.15) is 16.7 Å². The molecule has 4 nitrogen and oxygen atoms in total. The van der Waals surface area contributed by atoms with Gasteiger partial charge in [-0.05, 0) is 82.6 Å². The van der Waals surface area contributed by atoms with Crippen LogP contribution in [0.2, 0.25) is 0 Å². The van der Waals surface area contributed by atoms with Crippen LogP contribution in [0, 0.1) is 0 Å². The largest absolute Gasteiger partial charge is 0.456 e. The lowest BCUT2D eigenvalue weighted by atomic mass is 9.98. The fourth-order valence-corrected chi connectivity index (χ4v) is 7.30. The van der Waals surface area contributed by atoms with Gasteiger partial charge in [0, 0.05) is 27.8 Å². The number of hydrogen-bond donors (Lipinski definition) is 0. The number of nitrogens with zero attached hydrogens (tertiary/aromatic N) is 2. The summed E-state index contributed by atoms with van der Waals surface area (Å²) >= 11 is 0. The van der Waals surface area contributed by atoms with E-state index in [1.165, 1.54) is 10.8 Å². The molecule has 0 spiro atoms. The summed E-state index contributed by atoms with van der Waals surface area (Å²) in [7, 11) is 0. The molecule has 8 aromatic carbocycles.